The number of rotatable bonds is 3. The number of amides is 1. The monoisotopic (exact) mass is 353 g/mol. The Kier molecular flexibility index (Phi) is 9.30. The quantitative estimate of drug-likeness (QED) is 0.847. The molecule has 0 bridgehead atoms. The summed E-state index contributed by atoms with van der Waals surface area (Å²) in [5.41, 5.74) is 5.95. The highest BCUT2D eigenvalue weighted by atomic mass is 35.5. The SMILES string of the molecule is CC(C)(C)[C@H](N)C(=O)N1CCC(CN2CCCCC2)C1.Cl.Cl. The number of halogens is 2. The third-order valence-electron chi connectivity index (χ3n) is 4.76. The fraction of sp³-hybridized carbons (Fsp3) is 0.938. The van der Waals surface area contributed by atoms with E-state index in [9.17, 15) is 4.79 Å². The summed E-state index contributed by atoms with van der Waals surface area (Å²) < 4.78 is 0. The van der Waals surface area contributed by atoms with E-state index in [1.807, 2.05) is 25.7 Å². The molecule has 2 saturated heterocycles. The Hall–Kier alpha value is -0.0300. The van der Waals surface area contributed by atoms with Crippen LogP contribution in [0.15, 0.2) is 0 Å². The van der Waals surface area contributed by atoms with E-state index in [4.69, 9.17) is 5.73 Å². The second-order valence-electron chi connectivity index (χ2n) is 7.64. The third kappa shape index (κ3) is 5.88. The largest absolute Gasteiger partial charge is 0.341 e. The van der Waals surface area contributed by atoms with Crippen molar-refractivity contribution in [1.29, 1.82) is 0 Å². The van der Waals surface area contributed by atoms with E-state index < -0.39 is 0 Å². The van der Waals surface area contributed by atoms with Gasteiger partial charge < -0.3 is 15.5 Å². The van der Waals surface area contributed by atoms with E-state index >= 15 is 0 Å². The van der Waals surface area contributed by atoms with E-state index in [0.29, 0.717) is 5.92 Å². The van der Waals surface area contributed by atoms with Crippen molar-refractivity contribution in [2.45, 2.75) is 52.5 Å². The van der Waals surface area contributed by atoms with Gasteiger partial charge in [0.05, 0.1) is 6.04 Å². The van der Waals surface area contributed by atoms with Gasteiger partial charge in [0.25, 0.3) is 0 Å². The standard InChI is InChI=1S/C16H31N3O.2ClH/c1-16(2,3)14(17)15(20)19-10-7-13(12-19)11-18-8-5-4-6-9-18;;/h13-14H,4-12,17H2,1-3H3;2*1H/t13?,14-;;/m1../s1. The fourth-order valence-corrected chi connectivity index (χ4v) is 3.26. The number of likely N-dealkylation sites (tertiary alicyclic amines) is 2. The topological polar surface area (TPSA) is 49.6 Å². The van der Waals surface area contributed by atoms with Crippen LogP contribution in [0.1, 0.15) is 46.5 Å². The van der Waals surface area contributed by atoms with E-state index in [0.717, 1.165) is 26.1 Å². The molecule has 0 aromatic heterocycles. The van der Waals surface area contributed by atoms with Crippen LogP contribution in [-0.4, -0.2) is 54.5 Å². The first-order chi connectivity index (χ1) is 9.38. The van der Waals surface area contributed by atoms with E-state index in [2.05, 4.69) is 4.90 Å². The highest BCUT2D eigenvalue weighted by Gasteiger charge is 2.35. The molecule has 2 atom stereocenters. The molecule has 132 valence electrons. The van der Waals surface area contributed by atoms with Crippen LogP contribution in [0.2, 0.25) is 0 Å². The van der Waals surface area contributed by atoms with Crippen molar-refractivity contribution in [1.82, 2.24) is 9.80 Å². The maximum atomic E-state index is 12.4. The van der Waals surface area contributed by atoms with Crippen molar-refractivity contribution in [3.63, 3.8) is 0 Å². The number of hydrogen-bond donors (Lipinski definition) is 1. The van der Waals surface area contributed by atoms with Crippen molar-refractivity contribution < 1.29 is 4.79 Å². The summed E-state index contributed by atoms with van der Waals surface area (Å²) in [7, 11) is 0. The lowest BCUT2D eigenvalue weighted by molar-refractivity contribution is -0.134. The van der Waals surface area contributed by atoms with Crippen LogP contribution in [0.4, 0.5) is 0 Å². The minimum absolute atomic E-state index is 0. The maximum Gasteiger partial charge on any atom is 0.240 e. The highest BCUT2D eigenvalue weighted by Crippen LogP contribution is 2.24. The molecule has 2 N–H and O–H groups in total. The Morgan fingerprint density at radius 2 is 1.73 bits per heavy atom. The van der Waals surface area contributed by atoms with Gasteiger partial charge in [-0.3, -0.25) is 4.79 Å². The summed E-state index contributed by atoms with van der Waals surface area (Å²) in [4.78, 5) is 17.0. The zero-order valence-corrected chi connectivity index (χ0v) is 15.8. The Bertz CT molecular complexity index is 341. The molecule has 6 heteroatoms. The lowest BCUT2D eigenvalue weighted by Crippen LogP contribution is -2.50. The zero-order valence-electron chi connectivity index (χ0n) is 14.2. The Morgan fingerprint density at radius 1 is 1.14 bits per heavy atom. The minimum Gasteiger partial charge on any atom is -0.341 e. The van der Waals surface area contributed by atoms with Crippen molar-refractivity contribution in [3.05, 3.63) is 0 Å². The Morgan fingerprint density at radius 3 is 2.27 bits per heavy atom. The van der Waals surface area contributed by atoms with Crippen LogP contribution < -0.4 is 5.73 Å². The van der Waals surface area contributed by atoms with Crippen LogP contribution in [0.3, 0.4) is 0 Å². The molecule has 0 aliphatic carbocycles. The van der Waals surface area contributed by atoms with Crippen molar-refractivity contribution in [2.24, 2.45) is 17.1 Å². The molecule has 0 aromatic rings. The molecule has 0 saturated carbocycles. The van der Waals surface area contributed by atoms with Gasteiger partial charge in [-0.1, -0.05) is 27.2 Å². The smallest absolute Gasteiger partial charge is 0.240 e. The molecule has 2 aliphatic rings. The molecular formula is C16H33Cl2N3O. The van der Waals surface area contributed by atoms with Crippen LogP contribution >= 0.6 is 24.8 Å². The fourth-order valence-electron chi connectivity index (χ4n) is 3.26. The number of nitrogens with zero attached hydrogens (tertiary/aromatic N) is 2. The van der Waals surface area contributed by atoms with Crippen LogP contribution in [-0.2, 0) is 4.79 Å². The van der Waals surface area contributed by atoms with E-state index in [1.165, 1.54) is 32.4 Å². The van der Waals surface area contributed by atoms with Crippen molar-refractivity contribution in [2.75, 3.05) is 32.7 Å². The Balaban J connectivity index is 0.00000220. The molecule has 1 amide bonds. The second kappa shape index (κ2) is 9.31. The molecule has 4 nitrogen and oxygen atoms in total. The predicted octanol–water partition coefficient (Wildman–Crippen LogP) is 2.54. The number of carbonyl (C=O) groups excluding carboxylic acids is 1. The molecule has 2 heterocycles. The molecule has 2 aliphatic heterocycles. The number of hydrogen-bond acceptors (Lipinski definition) is 3. The highest BCUT2D eigenvalue weighted by molar-refractivity contribution is 5.85. The second-order valence-corrected chi connectivity index (χ2v) is 7.64. The van der Waals surface area contributed by atoms with Gasteiger partial charge in [0.1, 0.15) is 0 Å². The summed E-state index contributed by atoms with van der Waals surface area (Å²) in [6, 6.07) is -0.378. The van der Waals surface area contributed by atoms with Gasteiger partial charge >= 0.3 is 0 Å². The normalized spacial score (nSPS) is 24.4. The third-order valence-corrected chi connectivity index (χ3v) is 4.76. The molecule has 0 radical (unpaired) electrons. The summed E-state index contributed by atoms with van der Waals surface area (Å²) >= 11 is 0. The van der Waals surface area contributed by atoms with E-state index in [-0.39, 0.29) is 42.2 Å². The first-order valence-electron chi connectivity index (χ1n) is 8.14. The van der Waals surface area contributed by atoms with Crippen molar-refractivity contribution >= 4 is 30.7 Å². The van der Waals surface area contributed by atoms with Crippen LogP contribution in [0, 0.1) is 11.3 Å². The van der Waals surface area contributed by atoms with Crippen LogP contribution in [0.25, 0.3) is 0 Å². The first kappa shape index (κ1) is 22.0. The molecule has 22 heavy (non-hydrogen) atoms. The van der Waals surface area contributed by atoms with Crippen molar-refractivity contribution in [3.8, 4) is 0 Å². The number of piperidine rings is 1. The molecular weight excluding hydrogens is 321 g/mol. The molecule has 2 rings (SSSR count). The van der Waals surface area contributed by atoms with Crippen LogP contribution in [0.5, 0.6) is 0 Å². The lowest BCUT2D eigenvalue weighted by atomic mass is 9.86. The van der Waals surface area contributed by atoms with Gasteiger partial charge in [-0.05, 0) is 43.7 Å². The summed E-state index contributed by atoms with van der Waals surface area (Å²) in [6.45, 7) is 11.6. The first-order valence-corrected chi connectivity index (χ1v) is 8.14. The van der Waals surface area contributed by atoms with Gasteiger partial charge in [0, 0.05) is 19.6 Å². The molecule has 0 spiro atoms. The number of carbonyl (C=O) groups is 1. The predicted molar refractivity (Wildman–Crippen MR) is 96.9 cm³/mol. The average Bonchev–Trinajstić information content (AvgIpc) is 2.85. The van der Waals surface area contributed by atoms with Gasteiger partial charge in [0.2, 0.25) is 5.91 Å². The minimum atomic E-state index is -0.378. The van der Waals surface area contributed by atoms with Gasteiger partial charge in [-0.25, -0.2) is 0 Å². The number of nitrogens with two attached hydrogens (primary N) is 1. The van der Waals surface area contributed by atoms with Gasteiger partial charge in [0.15, 0.2) is 0 Å². The van der Waals surface area contributed by atoms with Gasteiger partial charge in [-0.15, -0.1) is 24.8 Å². The summed E-state index contributed by atoms with van der Waals surface area (Å²) in [5.74, 6) is 0.780. The summed E-state index contributed by atoms with van der Waals surface area (Å²) in [5, 5.41) is 0. The maximum absolute atomic E-state index is 12.4. The Labute approximate surface area is 148 Å². The molecule has 0 aromatic carbocycles. The lowest BCUT2D eigenvalue weighted by Gasteiger charge is -2.31. The van der Waals surface area contributed by atoms with Gasteiger partial charge in [-0.2, -0.15) is 0 Å². The average molecular weight is 354 g/mol. The van der Waals surface area contributed by atoms with E-state index in [1.54, 1.807) is 0 Å². The molecule has 2 fully saturated rings. The molecule has 1 unspecified atom stereocenters. The zero-order chi connectivity index (χ0) is 14.8. The summed E-state index contributed by atoms with van der Waals surface area (Å²) in [6.07, 6.45) is 5.19.